The summed E-state index contributed by atoms with van der Waals surface area (Å²) in [4.78, 5) is 0.193. The van der Waals surface area contributed by atoms with Gasteiger partial charge in [-0.3, -0.25) is 0 Å². The Labute approximate surface area is 134 Å². The number of thiophene rings is 1. The summed E-state index contributed by atoms with van der Waals surface area (Å²) in [5, 5.41) is 2.19. The molecule has 0 aliphatic carbocycles. The van der Waals surface area contributed by atoms with E-state index in [9.17, 15) is 0 Å². The second-order valence-corrected chi connectivity index (χ2v) is 7.74. The third kappa shape index (κ3) is 3.27. The zero-order valence-electron chi connectivity index (χ0n) is 10.2. The maximum Gasteiger partial charge on any atom is 0.123 e. The number of hydrogen-bond acceptors (Lipinski definition) is 2. The van der Waals surface area contributed by atoms with Crippen LogP contribution in [0.15, 0.2) is 29.6 Å². The molecule has 0 fully saturated rings. The van der Waals surface area contributed by atoms with Gasteiger partial charge in [-0.25, -0.2) is 0 Å². The first-order valence-electron chi connectivity index (χ1n) is 5.73. The summed E-state index contributed by atoms with van der Waals surface area (Å²) >= 11 is 7.90. The number of ether oxygens (including phenoxy) is 1. The standard InChI is InChI=1S/C14H14BrIOS/c1-3-17-12-5-4-9(2)6-11(12)14(15)10-7-13(16)18-8-10/h4-8,14H,3H2,1-2H3. The molecule has 0 spiro atoms. The van der Waals surface area contributed by atoms with Crippen LogP contribution in [0.3, 0.4) is 0 Å². The first kappa shape index (κ1) is 14.3. The maximum atomic E-state index is 5.71. The minimum Gasteiger partial charge on any atom is -0.494 e. The van der Waals surface area contributed by atoms with Gasteiger partial charge in [-0.1, -0.05) is 33.6 Å². The summed E-state index contributed by atoms with van der Waals surface area (Å²) in [6.07, 6.45) is 0. The molecule has 1 unspecified atom stereocenters. The molecule has 1 aromatic heterocycles. The van der Waals surface area contributed by atoms with Crippen LogP contribution in [0.25, 0.3) is 0 Å². The van der Waals surface area contributed by atoms with Gasteiger partial charge in [0.1, 0.15) is 5.75 Å². The highest BCUT2D eigenvalue weighted by atomic mass is 127. The maximum absolute atomic E-state index is 5.71. The number of aryl methyl sites for hydroxylation is 1. The van der Waals surface area contributed by atoms with E-state index in [1.807, 2.05) is 6.92 Å². The minimum atomic E-state index is 0.193. The van der Waals surface area contributed by atoms with E-state index in [4.69, 9.17) is 4.74 Å². The van der Waals surface area contributed by atoms with Gasteiger partial charge < -0.3 is 4.74 Å². The van der Waals surface area contributed by atoms with Crippen LogP contribution in [0.5, 0.6) is 5.75 Å². The number of rotatable bonds is 4. The van der Waals surface area contributed by atoms with E-state index in [1.54, 1.807) is 11.3 Å². The van der Waals surface area contributed by atoms with Crippen molar-refractivity contribution in [3.63, 3.8) is 0 Å². The predicted molar refractivity (Wildman–Crippen MR) is 90.2 cm³/mol. The Bertz CT molecular complexity index is 538. The first-order valence-corrected chi connectivity index (χ1v) is 8.60. The smallest absolute Gasteiger partial charge is 0.123 e. The van der Waals surface area contributed by atoms with Crippen molar-refractivity contribution < 1.29 is 4.74 Å². The Morgan fingerprint density at radius 3 is 2.78 bits per heavy atom. The Morgan fingerprint density at radius 2 is 2.17 bits per heavy atom. The Balaban J connectivity index is 2.39. The third-order valence-electron chi connectivity index (χ3n) is 2.62. The van der Waals surface area contributed by atoms with Gasteiger partial charge in [0.25, 0.3) is 0 Å². The summed E-state index contributed by atoms with van der Waals surface area (Å²) in [5.74, 6) is 0.964. The number of hydrogen-bond donors (Lipinski definition) is 0. The summed E-state index contributed by atoms with van der Waals surface area (Å²) in [7, 11) is 0. The van der Waals surface area contributed by atoms with Gasteiger partial charge in [0, 0.05) is 5.56 Å². The minimum absolute atomic E-state index is 0.193. The number of halogens is 2. The molecule has 0 amide bonds. The van der Waals surface area contributed by atoms with Gasteiger partial charge in [-0.15, -0.1) is 11.3 Å². The molecule has 0 aliphatic rings. The van der Waals surface area contributed by atoms with Crippen LogP contribution in [0.1, 0.15) is 28.4 Å². The molecule has 1 heterocycles. The van der Waals surface area contributed by atoms with E-state index in [0.29, 0.717) is 6.61 Å². The van der Waals surface area contributed by atoms with E-state index >= 15 is 0 Å². The lowest BCUT2D eigenvalue weighted by atomic mass is 10.0. The Kier molecular flexibility index (Phi) is 5.09. The van der Waals surface area contributed by atoms with Gasteiger partial charge in [-0.2, -0.15) is 0 Å². The molecule has 18 heavy (non-hydrogen) atoms. The number of benzene rings is 1. The van der Waals surface area contributed by atoms with Gasteiger partial charge in [0.05, 0.1) is 14.3 Å². The topological polar surface area (TPSA) is 9.23 Å². The molecule has 0 saturated carbocycles. The van der Waals surface area contributed by atoms with Crippen molar-refractivity contribution >= 4 is 49.9 Å². The lowest BCUT2D eigenvalue weighted by Gasteiger charge is -2.15. The third-order valence-corrected chi connectivity index (χ3v) is 5.45. The molecule has 0 aliphatic heterocycles. The second-order valence-electron chi connectivity index (χ2n) is 4.02. The highest BCUT2D eigenvalue weighted by Gasteiger charge is 2.16. The SMILES string of the molecule is CCOc1ccc(C)cc1C(Br)c1csc(I)c1. The molecule has 0 saturated heterocycles. The summed E-state index contributed by atoms with van der Waals surface area (Å²) in [5.41, 5.74) is 3.74. The lowest BCUT2D eigenvalue weighted by molar-refractivity contribution is 0.337. The normalized spacial score (nSPS) is 12.4. The summed E-state index contributed by atoms with van der Waals surface area (Å²) in [6, 6.07) is 8.54. The van der Waals surface area contributed by atoms with Crippen molar-refractivity contribution in [1.29, 1.82) is 0 Å². The highest BCUT2D eigenvalue weighted by Crippen LogP contribution is 2.39. The van der Waals surface area contributed by atoms with E-state index in [1.165, 1.54) is 19.6 Å². The van der Waals surface area contributed by atoms with E-state index < -0.39 is 0 Å². The molecular formula is C14H14BrIOS. The molecule has 2 aromatic rings. The fourth-order valence-corrected chi connectivity index (χ4v) is 3.98. The van der Waals surface area contributed by atoms with Crippen molar-refractivity contribution in [3.8, 4) is 5.75 Å². The Hall–Kier alpha value is -0.0700. The van der Waals surface area contributed by atoms with Crippen LogP contribution in [-0.4, -0.2) is 6.61 Å². The zero-order chi connectivity index (χ0) is 13.1. The van der Waals surface area contributed by atoms with Crippen LogP contribution in [0, 0.1) is 9.81 Å². The monoisotopic (exact) mass is 436 g/mol. The second kappa shape index (κ2) is 6.39. The first-order chi connectivity index (χ1) is 8.61. The molecule has 4 heteroatoms. The number of alkyl halides is 1. The van der Waals surface area contributed by atoms with Gasteiger partial charge in [0.15, 0.2) is 0 Å². The molecule has 96 valence electrons. The van der Waals surface area contributed by atoms with Crippen molar-refractivity contribution in [2.24, 2.45) is 0 Å². The quantitative estimate of drug-likeness (QED) is 0.451. The highest BCUT2D eigenvalue weighted by molar-refractivity contribution is 14.1. The average molecular weight is 437 g/mol. The molecule has 1 nitrogen and oxygen atoms in total. The fourth-order valence-electron chi connectivity index (χ4n) is 1.79. The zero-order valence-corrected chi connectivity index (χ0v) is 14.8. The van der Waals surface area contributed by atoms with E-state index in [2.05, 4.69) is 75.1 Å². The van der Waals surface area contributed by atoms with Crippen molar-refractivity contribution in [3.05, 3.63) is 49.2 Å². The van der Waals surface area contributed by atoms with Gasteiger partial charge in [0.2, 0.25) is 0 Å². The van der Waals surface area contributed by atoms with Gasteiger partial charge in [-0.05, 0) is 59.5 Å². The largest absolute Gasteiger partial charge is 0.494 e. The van der Waals surface area contributed by atoms with E-state index in [0.717, 1.165) is 5.75 Å². The molecule has 2 rings (SSSR count). The van der Waals surface area contributed by atoms with Crippen molar-refractivity contribution in [1.82, 2.24) is 0 Å². The summed E-state index contributed by atoms with van der Waals surface area (Å²) in [6.45, 7) is 4.81. The van der Waals surface area contributed by atoms with Crippen LogP contribution >= 0.6 is 49.9 Å². The van der Waals surface area contributed by atoms with Gasteiger partial charge >= 0.3 is 0 Å². The molecule has 0 radical (unpaired) electrons. The van der Waals surface area contributed by atoms with Crippen LogP contribution in [0.2, 0.25) is 0 Å². The van der Waals surface area contributed by atoms with Crippen LogP contribution in [-0.2, 0) is 0 Å². The predicted octanol–water partition coefficient (Wildman–Crippen LogP) is 5.54. The van der Waals surface area contributed by atoms with Crippen molar-refractivity contribution in [2.75, 3.05) is 6.61 Å². The average Bonchev–Trinajstić information content (AvgIpc) is 2.77. The fraction of sp³-hybridized carbons (Fsp3) is 0.286. The molecule has 1 atom stereocenters. The Morgan fingerprint density at radius 1 is 1.39 bits per heavy atom. The van der Waals surface area contributed by atoms with Crippen LogP contribution in [0.4, 0.5) is 0 Å². The van der Waals surface area contributed by atoms with Crippen molar-refractivity contribution in [2.45, 2.75) is 18.7 Å². The molecule has 0 N–H and O–H groups in total. The molecule has 1 aromatic carbocycles. The van der Waals surface area contributed by atoms with E-state index in [-0.39, 0.29) is 4.83 Å². The lowest BCUT2D eigenvalue weighted by Crippen LogP contribution is -1.99. The summed E-state index contributed by atoms with van der Waals surface area (Å²) < 4.78 is 7.02. The molecular weight excluding hydrogens is 423 g/mol. The van der Waals surface area contributed by atoms with Crippen LogP contribution < -0.4 is 4.74 Å². The molecule has 0 bridgehead atoms.